The summed E-state index contributed by atoms with van der Waals surface area (Å²) in [5.41, 5.74) is 3.10. The number of aryl methyl sites for hydroxylation is 1. The Labute approximate surface area is 185 Å². The molecule has 0 atom stereocenters. The molecule has 1 heterocycles. The van der Waals surface area contributed by atoms with Crippen LogP contribution in [0.1, 0.15) is 16.7 Å². The highest BCUT2D eigenvalue weighted by Crippen LogP contribution is 2.12. The number of rotatable bonds is 7. The van der Waals surface area contributed by atoms with E-state index in [2.05, 4.69) is 5.32 Å². The van der Waals surface area contributed by atoms with Gasteiger partial charge in [0.2, 0.25) is 5.91 Å². The molecule has 6 heteroatoms. The number of aromatic nitrogens is 2. The summed E-state index contributed by atoms with van der Waals surface area (Å²) in [5, 5.41) is 2.87. The molecule has 6 nitrogen and oxygen atoms in total. The Morgan fingerprint density at radius 1 is 0.781 bits per heavy atom. The van der Waals surface area contributed by atoms with Crippen molar-refractivity contribution in [3.05, 3.63) is 116 Å². The first-order valence-electron chi connectivity index (χ1n) is 10.6. The van der Waals surface area contributed by atoms with Crippen LogP contribution in [0.5, 0.6) is 0 Å². The molecule has 0 aliphatic carbocycles. The molecule has 0 aliphatic rings. The minimum atomic E-state index is -0.700. The molecule has 32 heavy (non-hydrogen) atoms. The van der Waals surface area contributed by atoms with Crippen LogP contribution in [0.25, 0.3) is 11.0 Å². The molecule has 1 aromatic heterocycles. The first kappa shape index (κ1) is 21.3. The molecule has 162 valence electrons. The van der Waals surface area contributed by atoms with Crippen LogP contribution in [-0.2, 0) is 24.3 Å². The van der Waals surface area contributed by atoms with Gasteiger partial charge in [-0.1, -0.05) is 66.7 Å². The van der Waals surface area contributed by atoms with Crippen LogP contribution in [0.2, 0.25) is 0 Å². The molecule has 3 aromatic carbocycles. The van der Waals surface area contributed by atoms with Gasteiger partial charge in [-0.25, -0.2) is 0 Å². The quantitative estimate of drug-likeness (QED) is 0.461. The van der Waals surface area contributed by atoms with Crippen molar-refractivity contribution < 1.29 is 4.79 Å². The lowest BCUT2D eigenvalue weighted by molar-refractivity contribution is -0.121. The lowest BCUT2D eigenvalue weighted by Gasteiger charge is -2.15. The molecule has 0 fully saturated rings. The molecule has 1 N–H and O–H groups in total. The van der Waals surface area contributed by atoms with Crippen LogP contribution in [0, 0.1) is 6.92 Å². The molecular formula is C26H25N3O3. The predicted molar refractivity (Wildman–Crippen MR) is 126 cm³/mol. The molecule has 0 radical (unpaired) electrons. The van der Waals surface area contributed by atoms with Gasteiger partial charge >= 0.3 is 11.1 Å². The van der Waals surface area contributed by atoms with Crippen molar-refractivity contribution in [1.29, 1.82) is 0 Å². The van der Waals surface area contributed by atoms with E-state index in [1.165, 1.54) is 20.3 Å². The highest BCUT2D eigenvalue weighted by Gasteiger charge is 2.15. The Morgan fingerprint density at radius 3 is 2.09 bits per heavy atom. The maximum absolute atomic E-state index is 12.9. The first-order valence-corrected chi connectivity index (χ1v) is 10.6. The molecule has 0 spiro atoms. The summed E-state index contributed by atoms with van der Waals surface area (Å²) in [4.78, 5) is 38.4. The summed E-state index contributed by atoms with van der Waals surface area (Å²) in [6.07, 6.45) is 0.701. The van der Waals surface area contributed by atoms with Crippen molar-refractivity contribution >= 4 is 16.9 Å². The van der Waals surface area contributed by atoms with Crippen molar-refractivity contribution in [1.82, 2.24) is 14.5 Å². The fourth-order valence-electron chi connectivity index (χ4n) is 3.88. The summed E-state index contributed by atoms with van der Waals surface area (Å²) < 4.78 is 2.74. The lowest BCUT2D eigenvalue weighted by atomic mass is 10.1. The zero-order chi connectivity index (χ0) is 22.5. The van der Waals surface area contributed by atoms with E-state index in [-0.39, 0.29) is 12.5 Å². The molecular weight excluding hydrogens is 402 g/mol. The number of fused-ring (bicyclic) bond motifs is 1. The molecule has 0 saturated heterocycles. The Hall–Kier alpha value is -3.93. The van der Waals surface area contributed by atoms with Gasteiger partial charge in [-0.05, 0) is 42.2 Å². The Kier molecular flexibility index (Phi) is 6.31. The highest BCUT2D eigenvalue weighted by molar-refractivity contribution is 5.80. The van der Waals surface area contributed by atoms with E-state index in [0.717, 1.165) is 5.56 Å². The number of nitrogens with zero attached hydrogens (tertiary/aromatic N) is 2. The van der Waals surface area contributed by atoms with E-state index < -0.39 is 11.1 Å². The third kappa shape index (κ3) is 4.54. The number of hydrogen-bond acceptors (Lipinski definition) is 3. The predicted octanol–water partition coefficient (Wildman–Crippen LogP) is 2.88. The van der Waals surface area contributed by atoms with Gasteiger partial charge in [-0.3, -0.25) is 23.5 Å². The zero-order valence-electron chi connectivity index (χ0n) is 18.0. The normalized spacial score (nSPS) is 10.9. The maximum atomic E-state index is 12.9. The third-order valence-electron chi connectivity index (χ3n) is 5.60. The van der Waals surface area contributed by atoms with E-state index >= 15 is 0 Å². The molecule has 4 aromatic rings. The number of benzene rings is 3. The zero-order valence-corrected chi connectivity index (χ0v) is 18.0. The van der Waals surface area contributed by atoms with Gasteiger partial charge in [0.1, 0.15) is 6.54 Å². The average Bonchev–Trinajstić information content (AvgIpc) is 2.81. The van der Waals surface area contributed by atoms with Crippen molar-refractivity contribution in [2.24, 2.45) is 0 Å². The average molecular weight is 428 g/mol. The van der Waals surface area contributed by atoms with Crippen LogP contribution in [-0.4, -0.2) is 21.6 Å². The van der Waals surface area contributed by atoms with E-state index in [1.807, 2.05) is 67.6 Å². The monoisotopic (exact) mass is 427 g/mol. The summed E-state index contributed by atoms with van der Waals surface area (Å²) >= 11 is 0. The highest BCUT2D eigenvalue weighted by atomic mass is 16.2. The Morgan fingerprint density at radius 2 is 1.38 bits per heavy atom. The van der Waals surface area contributed by atoms with Crippen LogP contribution in [0.4, 0.5) is 0 Å². The topological polar surface area (TPSA) is 73.1 Å². The second kappa shape index (κ2) is 9.47. The Balaban J connectivity index is 1.58. The van der Waals surface area contributed by atoms with Gasteiger partial charge in [0.15, 0.2) is 0 Å². The van der Waals surface area contributed by atoms with E-state index in [4.69, 9.17) is 0 Å². The standard InChI is InChI=1S/C26H25N3O3/c1-19-9-5-6-12-21(19)15-16-27-24(30)18-29-23-14-8-7-13-22(23)28(25(31)26(29)32)17-20-10-3-2-4-11-20/h2-14H,15-18H2,1H3,(H,27,30). The number of amides is 1. The number of para-hydroxylation sites is 2. The molecule has 4 rings (SSSR count). The van der Waals surface area contributed by atoms with Crippen LogP contribution >= 0.6 is 0 Å². The summed E-state index contributed by atoms with van der Waals surface area (Å²) in [5.74, 6) is -0.300. The third-order valence-corrected chi connectivity index (χ3v) is 5.60. The maximum Gasteiger partial charge on any atom is 0.317 e. The summed E-state index contributed by atoms with van der Waals surface area (Å²) in [7, 11) is 0. The van der Waals surface area contributed by atoms with Crippen molar-refractivity contribution in [3.63, 3.8) is 0 Å². The summed E-state index contributed by atoms with van der Waals surface area (Å²) in [6, 6.07) is 24.7. The molecule has 0 bridgehead atoms. The Bertz CT molecular complexity index is 1370. The molecule has 0 unspecified atom stereocenters. The van der Waals surface area contributed by atoms with Gasteiger partial charge in [0.25, 0.3) is 0 Å². The van der Waals surface area contributed by atoms with E-state index in [0.29, 0.717) is 30.5 Å². The SMILES string of the molecule is Cc1ccccc1CCNC(=O)Cn1c(=O)c(=O)n(Cc2ccccc2)c2ccccc21. The van der Waals surface area contributed by atoms with Gasteiger partial charge in [0.05, 0.1) is 17.6 Å². The van der Waals surface area contributed by atoms with Gasteiger partial charge < -0.3 is 5.32 Å². The minimum Gasteiger partial charge on any atom is -0.354 e. The fraction of sp³-hybridized carbons (Fsp3) is 0.192. The van der Waals surface area contributed by atoms with E-state index in [9.17, 15) is 14.4 Å². The van der Waals surface area contributed by atoms with Crippen molar-refractivity contribution in [2.75, 3.05) is 6.54 Å². The fourth-order valence-corrected chi connectivity index (χ4v) is 3.88. The molecule has 0 aliphatic heterocycles. The smallest absolute Gasteiger partial charge is 0.317 e. The first-order chi connectivity index (χ1) is 15.5. The van der Waals surface area contributed by atoms with Crippen LogP contribution in [0.15, 0.2) is 88.5 Å². The van der Waals surface area contributed by atoms with Crippen LogP contribution < -0.4 is 16.4 Å². The van der Waals surface area contributed by atoms with Crippen molar-refractivity contribution in [3.8, 4) is 0 Å². The lowest BCUT2D eigenvalue weighted by Crippen LogP contribution is -2.44. The minimum absolute atomic E-state index is 0.200. The molecule has 0 saturated carbocycles. The van der Waals surface area contributed by atoms with Gasteiger partial charge in [-0.15, -0.1) is 0 Å². The second-order valence-corrected chi connectivity index (χ2v) is 7.78. The number of carbonyl (C=O) groups excluding carboxylic acids is 1. The van der Waals surface area contributed by atoms with Crippen molar-refractivity contribution in [2.45, 2.75) is 26.4 Å². The van der Waals surface area contributed by atoms with Crippen LogP contribution in [0.3, 0.4) is 0 Å². The second-order valence-electron chi connectivity index (χ2n) is 7.78. The van der Waals surface area contributed by atoms with Gasteiger partial charge in [-0.2, -0.15) is 0 Å². The number of nitrogens with one attached hydrogen (secondary N) is 1. The van der Waals surface area contributed by atoms with Gasteiger partial charge in [0, 0.05) is 6.54 Å². The number of hydrogen-bond donors (Lipinski definition) is 1. The largest absolute Gasteiger partial charge is 0.354 e. The number of carbonyl (C=O) groups is 1. The molecule has 1 amide bonds. The summed E-state index contributed by atoms with van der Waals surface area (Å²) in [6.45, 7) is 2.59. The van der Waals surface area contributed by atoms with E-state index in [1.54, 1.807) is 18.2 Å².